The van der Waals surface area contributed by atoms with Crippen LogP contribution in [0.25, 0.3) is 0 Å². The van der Waals surface area contributed by atoms with Crippen LogP contribution in [0.3, 0.4) is 0 Å². The number of ether oxygens (including phenoxy) is 2. The first-order valence-corrected chi connectivity index (χ1v) is 7.85. The number of nitrogens with one attached hydrogen (secondary N) is 1. The summed E-state index contributed by atoms with van der Waals surface area (Å²) in [6.07, 6.45) is 1.74. The van der Waals surface area contributed by atoms with E-state index in [1.807, 2.05) is 6.92 Å². The van der Waals surface area contributed by atoms with Gasteiger partial charge in [0.15, 0.2) is 5.13 Å². The number of carbonyl (C=O) groups excluding carboxylic acids is 1. The maximum absolute atomic E-state index is 11.9. The van der Waals surface area contributed by atoms with Crippen LogP contribution in [-0.4, -0.2) is 48.9 Å². The molecule has 1 fully saturated rings. The number of carbonyl (C=O) groups is 1. The van der Waals surface area contributed by atoms with Gasteiger partial charge in [-0.2, -0.15) is 0 Å². The van der Waals surface area contributed by atoms with E-state index in [1.54, 1.807) is 11.3 Å². The number of hydrogen-bond acceptors (Lipinski definition) is 7. The van der Waals surface area contributed by atoms with E-state index >= 15 is 0 Å². The average Bonchev–Trinajstić information content (AvgIpc) is 2.99. The lowest BCUT2D eigenvalue weighted by atomic mass is 10.1. The molecule has 1 aliphatic heterocycles. The Bertz CT molecular complexity index is 485. The molecule has 1 aliphatic carbocycles. The number of fused-ring (bicyclic) bond motifs is 1. The number of rotatable bonds is 4. The van der Waals surface area contributed by atoms with Gasteiger partial charge in [-0.05, 0) is 19.8 Å². The molecule has 1 atom stereocenters. The predicted octanol–water partition coefficient (Wildman–Crippen LogP) is 1.40. The molecule has 7 heteroatoms. The fraction of sp³-hybridized carbons (Fsp3) is 0.692. The first-order valence-electron chi connectivity index (χ1n) is 7.03. The summed E-state index contributed by atoms with van der Waals surface area (Å²) in [5, 5.41) is 2.97. The molecular weight excluding hydrogens is 278 g/mol. The van der Waals surface area contributed by atoms with Crippen molar-refractivity contribution >= 4 is 22.4 Å². The van der Waals surface area contributed by atoms with Crippen molar-refractivity contribution in [2.75, 3.05) is 38.3 Å². The Morgan fingerprint density at radius 2 is 2.35 bits per heavy atom. The van der Waals surface area contributed by atoms with Gasteiger partial charge in [0.25, 0.3) is 0 Å². The van der Waals surface area contributed by atoms with Crippen molar-refractivity contribution in [2.24, 2.45) is 0 Å². The molecule has 1 unspecified atom stereocenters. The van der Waals surface area contributed by atoms with Crippen LogP contribution < -0.4 is 5.43 Å². The monoisotopic (exact) mass is 297 g/mol. The number of aryl methyl sites for hydroxylation is 1. The van der Waals surface area contributed by atoms with Gasteiger partial charge in [-0.3, -0.25) is 10.2 Å². The van der Waals surface area contributed by atoms with Gasteiger partial charge in [0.2, 0.25) is 0 Å². The van der Waals surface area contributed by atoms with Crippen molar-refractivity contribution in [1.29, 1.82) is 0 Å². The van der Waals surface area contributed by atoms with Crippen LogP contribution in [0.15, 0.2) is 0 Å². The lowest BCUT2D eigenvalue weighted by Crippen LogP contribution is -2.40. The smallest absolute Gasteiger partial charge is 0.315 e. The van der Waals surface area contributed by atoms with E-state index in [-0.39, 0.29) is 11.9 Å². The highest BCUT2D eigenvalue weighted by Gasteiger charge is 2.33. The fourth-order valence-electron chi connectivity index (χ4n) is 2.56. The molecule has 110 valence electrons. The molecule has 0 spiro atoms. The molecule has 0 amide bonds. The van der Waals surface area contributed by atoms with Crippen LogP contribution in [0.4, 0.5) is 5.13 Å². The molecule has 6 nitrogen and oxygen atoms in total. The Kier molecular flexibility index (Phi) is 4.18. The minimum absolute atomic E-state index is 0.144. The standard InChI is InChI=1S/C13H19N3O3S/c1-2-19-12(17)9-3-4-10-11(9)14-13(20-10)15-16-5-7-18-8-6-16/h9H,2-8H2,1H3,(H,14,15). The number of nitrogens with zero attached hydrogens (tertiary/aromatic N) is 2. The molecule has 20 heavy (non-hydrogen) atoms. The molecule has 3 rings (SSSR count). The van der Waals surface area contributed by atoms with Gasteiger partial charge in [-0.1, -0.05) is 0 Å². The molecule has 0 saturated carbocycles. The highest BCUT2D eigenvalue weighted by atomic mass is 32.1. The minimum Gasteiger partial charge on any atom is -0.465 e. The zero-order valence-electron chi connectivity index (χ0n) is 11.6. The molecular formula is C13H19N3O3S. The minimum atomic E-state index is -0.179. The van der Waals surface area contributed by atoms with Crippen molar-refractivity contribution in [3.8, 4) is 0 Å². The van der Waals surface area contributed by atoms with E-state index < -0.39 is 0 Å². The topological polar surface area (TPSA) is 63.7 Å². The second kappa shape index (κ2) is 6.07. The maximum Gasteiger partial charge on any atom is 0.315 e. The largest absolute Gasteiger partial charge is 0.465 e. The van der Waals surface area contributed by atoms with Gasteiger partial charge < -0.3 is 9.47 Å². The van der Waals surface area contributed by atoms with Crippen LogP contribution in [0.5, 0.6) is 0 Å². The number of anilines is 1. The summed E-state index contributed by atoms with van der Waals surface area (Å²) in [6, 6.07) is 0. The van der Waals surface area contributed by atoms with Gasteiger partial charge in [0.1, 0.15) is 5.92 Å². The predicted molar refractivity (Wildman–Crippen MR) is 75.8 cm³/mol. The number of hydrazine groups is 1. The van der Waals surface area contributed by atoms with E-state index in [0.717, 1.165) is 50.0 Å². The SMILES string of the molecule is CCOC(=O)C1CCc2sc(NN3CCOCC3)nc21. The van der Waals surface area contributed by atoms with E-state index in [2.05, 4.69) is 15.4 Å². The Balaban J connectivity index is 1.68. The molecule has 2 heterocycles. The highest BCUT2D eigenvalue weighted by Crippen LogP contribution is 2.39. The quantitative estimate of drug-likeness (QED) is 0.848. The number of morpholine rings is 1. The molecule has 0 bridgehead atoms. The number of hydrogen-bond donors (Lipinski definition) is 1. The van der Waals surface area contributed by atoms with E-state index in [4.69, 9.17) is 9.47 Å². The summed E-state index contributed by atoms with van der Waals surface area (Å²) in [6.45, 7) is 5.44. The lowest BCUT2D eigenvalue weighted by Gasteiger charge is -2.26. The third-order valence-corrected chi connectivity index (χ3v) is 4.59. The van der Waals surface area contributed by atoms with Crippen LogP contribution in [-0.2, 0) is 20.7 Å². The summed E-state index contributed by atoms with van der Waals surface area (Å²) >= 11 is 1.64. The maximum atomic E-state index is 11.9. The second-order valence-corrected chi connectivity index (χ2v) is 5.97. The van der Waals surface area contributed by atoms with E-state index in [0.29, 0.717) is 6.61 Å². The highest BCUT2D eigenvalue weighted by molar-refractivity contribution is 7.15. The van der Waals surface area contributed by atoms with Gasteiger partial charge in [0.05, 0.1) is 25.5 Å². The second-order valence-electron chi connectivity index (χ2n) is 4.88. The normalized spacial score (nSPS) is 22.6. The molecule has 1 aromatic heterocycles. The molecule has 1 N–H and O–H groups in total. The van der Waals surface area contributed by atoms with Crippen LogP contribution in [0, 0.1) is 0 Å². The summed E-state index contributed by atoms with van der Waals surface area (Å²) in [5.41, 5.74) is 4.22. The van der Waals surface area contributed by atoms with E-state index in [9.17, 15) is 4.79 Å². The van der Waals surface area contributed by atoms with Crippen LogP contribution in [0.2, 0.25) is 0 Å². The van der Waals surface area contributed by atoms with Gasteiger partial charge >= 0.3 is 5.97 Å². The number of aromatic nitrogens is 1. The average molecular weight is 297 g/mol. The third kappa shape index (κ3) is 2.79. The van der Waals surface area contributed by atoms with Crippen molar-refractivity contribution in [1.82, 2.24) is 9.99 Å². The van der Waals surface area contributed by atoms with Crippen molar-refractivity contribution < 1.29 is 14.3 Å². The summed E-state index contributed by atoms with van der Waals surface area (Å²) in [5.74, 6) is -0.323. The Labute approximate surface area is 122 Å². The number of thiazole rings is 1. The fourth-order valence-corrected chi connectivity index (χ4v) is 3.62. The summed E-state index contributed by atoms with van der Waals surface area (Å²) in [4.78, 5) is 17.7. The van der Waals surface area contributed by atoms with Crippen molar-refractivity contribution in [3.05, 3.63) is 10.6 Å². The zero-order valence-corrected chi connectivity index (χ0v) is 12.4. The molecule has 0 aromatic carbocycles. The zero-order chi connectivity index (χ0) is 13.9. The van der Waals surface area contributed by atoms with Gasteiger partial charge in [-0.15, -0.1) is 11.3 Å². The summed E-state index contributed by atoms with van der Waals surface area (Å²) < 4.78 is 10.4. The van der Waals surface area contributed by atoms with Crippen LogP contribution in [0.1, 0.15) is 29.8 Å². The Morgan fingerprint density at radius 3 is 3.10 bits per heavy atom. The molecule has 2 aliphatic rings. The summed E-state index contributed by atoms with van der Waals surface area (Å²) in [7, 11) is 0. The van der Waals surface area contributed by atoms with Crippen molar-refractivity contribution in [2.45, 2.75) is 25.7 Å². The van der Waals surface area contributed by atoms with E-state index in [1.165, 1.54) is 4.88 Å². The van der Waals surface area contributed by atoms with Crippen molar-refractivity contribution in [3.63, 3.8) is 0 Å². The number of esters is 1. The first kappa shape index (κ1) is 13.8. The van der Waals surface area contributed by atoms with Gasteiger partial charge in [-0.25, -0.2) is 9.99 Å². The van der Waals surface area contributed by atoms with Crippen LogP contribution >= 0.6 is 11.3 Å². The Morgan fingerprint density at radius 1 is 1.55 bits per heavy atom. The first-order chi connectivity index (χ1) is 9.78. The Hall–Kier alpha value is -1.18. The van der Waals surface area contributed by atoms with Gasteiger partial charge in [0, 0.05) is 18.0 Å². The third-order valence-electron chi connectivity index (χ3n) is 3.55. The molecule has 0 radical (unpaired) electrons. The molecule has 1 saturated heterocycles. The molecule has 1 aromatic rings. The lowest BCUT2D eigenvalue weighted by molar-refractivity contribution is -0.145.